The first-order valence-corrected chi connectivity index (χ1v) is 12.0. The maximum atomic E-state index is 12.9. The Kier molecular flexibility index (Phi) is 6.95. The highest BCUT2D eigenvalue weighted by Crippen LogP contribution is 2.24. The molecule has 7 nitrogen and oxygen atoms in total. The summed E-state index contributed by atoms with van der Waals surface area (Å²) in [5.74, 6) is -0.294. The normalized spacial score (nSPS) is 19.3. The van der Waals surface area contributed by atoms with Crippen LogP contribution in [-0.4, -0.2) is 50.9 Å². The monoisotopic (exact) mass is 473 g/mol. The van der Waals surface area contributed by atoms with Crippen LogP contribution in [-0.2, 0) is 17.8 Å². The highest BCUT2D eigenvalue weighted by Gasteiger charge is 2.24. The molecule has 0 radical (unpaired) electrons. The van der Waals surface area contributed by atoms with E-state index in [0.29, 0.717) is 28.1 Å². The number of morpholine rings is 1. The van der Waals surface area contributed by atoms with Crippen LogP contribution in [0.1, 0.15) is 46.7 Å². The Balaban J connectivity index is 1.42. The Morgan fingerprint density at radius 1 is 1.19 bits per heavy atom. The summed E-state index contributed by atoms with van der Waals surface area (Å²) in [6.45, 7) is 11.0. The molecular weight excluding hydrogens is 446 g/mol. The third-order valence-electron chi connectivity index (χ3n) is 5.40. The van der Waals surface area contributed by atoms with Gasteiger partial charge in [0.1, 0.15) is 5.15 Å². The summed E-state index contributed by atoms with van der Waals surface area (Å²) in [6, 6.07) is 8.17. The predicted molar refractivity (Wildman–Crippen MR) is 128 cm³/mol. The van der Waals surface area contributed by atoms with E-state index in [1.54, 1.807) is 11.6 Å². The van der Waals surface area contributed by atoms with Gasteiger partial charge < -0.3 is 4.74 Å². The molecule has 1 N–H and O–H groups in total. The number of hydrogen-bond donors (Lipinski definition) is 1. The maximum Gasteiger partial charge on any atom is 0.262 e. The average Bonchev–Trinajstić information content (AvgIpc) is 3.26. The maximum absolute atomic E-state index is 12.9. The van der Waals surface area contributed by atoms with Crippen molar-refractivity contribution in [1.29, 1.82) is 0 Å². The zero-order valence-corrected chi connectivity index (χ0v) is 20.3. The van der Waals surface area contributed by atoms with E-state index in [9.17, 15) is 4.79 Å². The molecule has 0 spiro atoms. The lowest BCUT2D eigenvalue weighted by Gasteiger charge is -2.34. The molecule has 9 heteroatoms. The number of carbonyl (C=O) groups excluding carboxylic acids is 1. The van der Waals surface area contributed by atoms with Gasteiger partial charge in [0.25, 0.3) is 5.91 Å². The number of carbonyl (C=O) groups is 1. The van der Waals surface area contributed by atoms with Gasteiger partial charge in [0.15, 0.2) is 5.13 Å². The fraction of sp³-hybridized carbons (Fsp3) is 0.435. The first kappa shape index (κ1) is 22.9. The number of nitrogens with one attached hydrogen (secondary N) is 1. The van der Waals surface area contributed by atoms with Crippen LogP contribution in [0.2, 0.25) is 5.15 Å². The van der Waals surface area contributed by atoms with Crippen LogP contribution in [0.5, 0.6) is 0 Å². The SMILES string of the molecule is Cc1ccc(Cn2nc(C)c(C(=O)Nc3nc(CN4CC(C)OC(C)C4)cs3)c2Cl)cc1. The number of anilines is 1. The van der Waals surface area contributed by atoms with Gasteiger partial charge >= 0.3 is 0 Å². The van der Waals surface area contributed by atoms with E-state index in [1.807, 2.05) is 36.6 Å². The number of nitrogens with zero attached hydrogens (tertiary/aromatic N) is 4. The third-order valence-corrected chi connectivity index (χ3v) is 6.59. The fourth-order valence-corrected chi connectivity index (χ4v) is 5.04. The first-order chi connectivity index (χ1) is 15.3. The minimum absolute atomic E-state index is 0.207. The minimum atomic E-state index is -0.294. The molecule has 1 aliphatic heterocycles. The van der Waals surface area contributed by atoms with E-state index in [0.717, 1.165) is 30.9 Å². The van der Waals surface area contributed by atoms with Crippen molar-refractivity contribution >= 4 is 34.0 Å². The molecule has 2 aromatic heterocycles. The van der Waals surface area contributed by atoms with Crippen LogP contribution in [0.25, 0.3) is 0 Å². The Labute approximate surface area is 197 Å². The molecule has 0 bridgehead atoms. The Morgan fingerprint density at radius 3 is 2.56 bits per heavy atom. The predicted octanol–water partition coefficient (Wildman–Crippen LogP) is 4.52. The van der Waals surface area contributed by atoms with Crippen molar-refractivity contribution in [2.24, 2.45) is 0 Å². The molecule has 3 heterocycles. The standard InChI is InChI=1S/C23H28ClN5O2S/c1-14-5-7-18(8-6-14)11-29-21(24)20(17(4)27-29)22(30)26-23-25-19(13-32-23)12-28-9-15(2)31-16(3)10-28/h5-8,13,15-16H,9-12H2,1-4H3,(H,25,26,30). The largest absolute Gasteiger partial charge is 0.373 e. The Morgan fingerprint density at radius 2 is 1.88 bits per heavy atom. The summed E-state index contributed by atoms with van der Waals surface area (Å²) in [6.07, 6.45) is 0.413. The van der Waals surface area contributed by atoms with E-state index in [-0.39, 0.29) is 18.1 Å². The lowest BCUT2D eigenvalue weighted by atomic mass is 10.1. The van der Waals surface area contributed by atoms with Crippen LogP contribution >= 0.6 is 22.9 Å². The second-order valence-corrected chi connectivity index (χ2v) is 9.66. The topological polar surface area (TPSA) is 72.3 Å². The van der Waals surface area contributed by atoms with E-state index < -0.39 is 0 Å². The fourth-order valence-electron chi connectivity index (χ4n) is 4.02. The molecule has 1 aliphatic rings. The Bertz CT molecular complexity index is 1080. The molecule has 1 fully saturated rings. The quantitative estimate of drug-likeness (QED) is 0.569. The van der Waals surface area contributed by atoms with Crippen LogP contribution in [0.4, 0.5) is 5.13 Å². The summed E-state index contributed by atoms with van der Waals surface area (Å²) in [4.78, 5) is 19.9. The van der Waals surface area contributed by atoms with Crippen molar-refractivity contribution in [2.45, 2.75) is 53.0 Å². The molecule has 1 aromatic carbocycles. The lowest BCUT2D eigenvalue weighted by molar-refractivity contribution is -0.0707. The number of halogens is 1. The summed E-state index contributed by atoms with van der Waals surface area (Å²) in [5, 5.41) is 10.2. The van der Waals surface area contributed by atoms with E-state index in [1.165, 1.54) is 16.9 Å². The number of thiazole rings is 1. The van der Waals surface area contributed by atoms with E-state index >= 15 is 0 Å². The summed E-state index contributed by atoms with van der Waals surface area (Å²) < 4.78 is 7.45. The van der Waals surface area contributed by atoms with Gasteiger partial charge in [0, 0.05) is 25.0 Å². The van der Waals surface area contributed by atoms with Crippen LogP contribution in [0.3, 0.4) is 0 Å². The summed E-state index contributed by atoms with van der Waals surface area (Å²) in [5.41, 5.74) is 4.17. The van der Waals surface area contributed by atoms with E-state index in [4.69, 9.17) is 16.3 Å². The van der Waals surface area contributed by atoms with Gasteiger partial charge in [-0.05, 0) is 33.3 Å². The van der Waals surface area contributed by atoms with Gasteiger partial charge in [0.2, 0.25) is 0 Å². The molecule has 32 heavy (non-hydrogen) atoms. The van der Waals surface area contributed by atoms with Crippen molar-refractivity contribution in [1.82, 2.24) is 19.7 Å². The number of ether oxygens (including phenoxy) is 1. The van der Waals surface area contributed by atoms with Gasteiger partial charge in [0.05, 0.1) is 35.7 Å². The van der Waals surface area contributed by atoms with Gasteiger partial charge in [-0.1, -0.05) is 41.4 Å². The summed E-state index contributed by atoms with van der Waals surface area (Å²) >= 11 is 7.95. The summed E-state index contributed by atoms with van der Waals surface area (Å²) in [7, 11) is 0. The van der Waals surface area contributed by atoms with Gasteiger partial charge in [-0.25, -0.2) is 9.67 Å². The van der Waals surface area contributed by atoms with Gasteiger partial charge in [-0.3, -0.25) is 15.0 Å². The zero-order chi connectivity index (χ0) is 22.8. The van der Waals surface area contributed by atoms with Crippen molar-refractivity contribution in [3.63, 3.8) is 0 Å². The molecule has 170 valence electrons. The van der Waals surface area contributed by atoms with E-state index in [2.05, 4.69) is 34.1 Å². The van der Waals surface area contributed by atoms with Crippen molar-refractivity contribution < 1.29 is 9.53 Å². The first-order valence-electron chi connectivity index (χ1n) is 10.7. The van der Waals surface area contributed by atoms with Crippen molar-refractivity contribution in [2.75, 3.05) is 18.4 Å². The highest BCUT2D eigenvalue weighted by atomic mass is 35.5. The molecule has 2 atom stereocenters. The second kappa shape index (κ2) is 9.70. The number of hydrogen-bond acceptors (Lipinski definition) is 6. The number of rotatable bonds is 6. The molecule has 1 saturated heterocycles. The molecule has 2 unspecified atom stereocenters. The minimum Gasteiger partial charge on any atom is -0.373 e. The van der Waals surface area contributed by atoms with Crippen molar-refractivity contribution in [3.05, 3.63) is 62.9 Å². The van der Waals surface area contributed by atoms with Crippen LogP contribution in [0.15, 0.2) is 29.6 Å². The van der Waals surface area contributed by atoms with Gasteiger partial charge in [-0.15, -0.1) is 11.3 Å². The average molecular weight is 474 g/mol. The number of aryl methyl sites for hydroxylation is 2. The lowest BCUT2D eigenvalue weighted by Crippen LogP contribution is -2.44. The number of aromatic nitrogens is 3. The highest BCUT2D eigenvalue weighted by molar-refractivity contribution is 7.14. The molecule has 0 saturated carbocycles. The molecule has 0 aliphatic carbocycles. The van der Waals surface area contributed by atoms with Crippen LogP contribution in [0, 0.1) is 13.8 Å². The number of benzene rings is 1. The number of amides is 1. The second-order valence-electron chi connectivity index (χ2n) is 8.44. The van der Waals surface area contributed by atoms with Crippen molar-refractivity contribution in [3.8, 4) is 0 Å². The molecule has 3 aromatic rings. The zero-order valence-electron chi connectivity index (χ0n) is 18.8. The third kappa shape index (κ3) is 5.38. The Hall–Kier alpha value is -2.26. The smallest absolute Gasteiger partial charge is 0.262 e. The molecular formula is C23H28ClN5O2S. The van der Waals surface area contributed by atoms with Crippen LogP contribution < -0.4 is 5.32 Å². The molecule has 4 rings (SSSR count). The van der Waals surface area contributed by atoms with Gasteiger partial charge in [-0.2, -0.15) is 5.10 Å². The molecule has 1 amide bonds.